The second-order valence-electron chi connectivity index (χ2n) is 12.3. The van der Waals surface area contributed by atoms with Gasteiger partial charge >= 0.3 is 6.09 Å². The number of nitrogens with two attached hydrogens (primary N) is 1. The van der Waals surface area contributed by atoms with E-state index in [4.69, 9.17) is 15.2 Å². The summed E-state index contributed by atoms with van der Waals surface area (Å²) >= 11 is 0. The largest absolute Gasteiger partial charge is 0.447 e. The van der Waals surface area contributed by atoms with Gasteiger partial charge in [-0.15, -0.1) is 0 Å². The number of primary amides is 1. The summed E-state index contributed by atoms with van der Waals surface area (Å²) in [6.45, 7) is 4.07. The minimum Gasteiger partial charge on any atom is -0.447 e. The summed E-state index contributed by atoms with van der Waals surface area (Å²) in [6.07, 6.45) is -0.825. The molecule has 3 aromatic carbocycles. The highest BCUT2D eigenvalue weighted by Gasteiger charge is 2.47. The van der Waals surface area contributed by atoms with Crippen LogP contribution >= 0.6 is 0 Å². The number of para-hydroxylation sites is 1. The standard InChI is InChI=1S/C37H41N5O6/c1-23(2)29(19-24-11-5-3-6-12-24)42-37(46)47-22-32-34(48-32)30(20-25-13-7-4-8-14-25)40-36(45)31(21-33(38)43)41-35(44)28-18-17-26-15-9-10-16-27(26)39-28/h3-18,23,29-32,34H,19-22H2,1-2H3,(H2,38,43)(H,40,45)(H,41,44)(H,42,46)/t29-,30+,31+,32+,34-/m1/s1. The summed E-state index contributed by atoms with van der Waals surface area (Å²) < 4.78 is 11.4. The second kappa shape index (κ2) is 16.0. The fraction of sp³-hybridized carbons (Fsp3) is 0.324. The minimum absolute atomic E-state index is 0.0110. The molecule has 4 aromatic rings. The molecule has 5 atom stereocenters. The van der Waals surface area contributed by atoms with Crippen LogP contribution in [0.3, 0.4) is 0 Å². The first-order valence-electron chi connectivity index (χ1n) is 16.1. The fourth-order valence-electron chi connectivity index (χ4n) is 5.55. The number of rotatable bonds is 15. The molecule has 5 rings (SSSR count). The number of nitrogens with one attached hydrogen (secondary N) is 3. The Labute approximate surface area is 279 Å². The third-order valence-electron chi connectivity index (χ3n) is 8.29. The number of ether oxygens (including phenoxy) is 2. The van der Waals surface area contributed by atoms with Crippen LogP contribution in [-0.2, 0) is 31.9 Å². The van der Waals surface area contributed by atoms with Gasteiger partial charge in [-0.2, -0.15) is 0 Å². The molecule has 5 N–H and O–H groups in total. The Kier molecular flexibility index (Phi) is 11.4. The molecule has 0 bridgehead atoms. The number of amides is 4. The van der Waals surface area contributed by atoms with Crippen molar-refractivity contribution in [2.75, 3.05) is 6.61 Å². The third-order valence-corrected chi connectivity index (χ3v) is 8.29. The van der Waals surface area contributed by atoms with Crippen LogP contribution in [0.25, 0.3) is 10.9 Å². The number of fused-ring (bicyclic) bond motifs is 1. The van der Waals surface area contributed by atoms with Crippen LogP contribution in [-0.4, -0.2) is 65.7 Å². The topological polar surface area (TPSA) is 165 Å². The SMILES string of the molecule is CC(C)[C@@H](Cc1ccccc1)NC(=O)OC[C@@H]1O[C@@H]1[C@H](Cc1ccccc1)NC(=O)[C@H](CC(N)=O)NC(=O)c1ccc2ccccc2n1. The summed E-state index contributed by atoms with van der Waals surface area (Å²) in [5, 5.41) is 9.39. The normalized spacial score (nSPS) is 17.1. The maximum Gasteiger partial charge on any atom is 0.407 e. The highest BCUT2D eigenvalue weighted by atomic mass is 16.6. The van der Waals surface area contributed by atoms with Gasteiger partial charge in [0.2, 0.25) is 11.8 Å². The van der Waals surface area contributed by atoms with Crippen LogP contribution < -0.4 is 21.7 Å². The van der Waals surface area contributed by atoms with Crippen molar-refractivity contribution in [3.63, 3.8) is 0 Å². The Morgan fingerprint density at radius 3 is 2.12 bits per heavy atom. The van der Waals surface area contributed by atoms with E-state index in [0.717, 1.165) is 16.5 Å². The quantitative estimate of drug-likeness (QED) is 0.142. The molecule has 2 heterocycles. The average Bonchev–Trinajstić information content (AvgIpc) is 3.86. The number of alkyl carbamates (subject to hydrolysis) is 1. The number of carbonyl (C=O) groups excluding carboxylic acids is 4. The molecule has 0 radical (unpaired) electrons. The molecule has 1 aromatic heterocycles. The van der Waals surface area contributed by atoms with Crippen molar-refractivity contribution in [1.29, 1.82) is 0 Å². The average molecular weight is 652 g/mol. The van der Waals surface area contributed by atoms with Gasteiger partial charge in [-0.1, -0.05) is 98.8 Å². The van der Waals surface area contributed by atoms with Crippen molar-refractivity contribution in [2.45, 2.75) is 63.4 Å². The summed E-state index contributed by atoms with van der Waals surface area (Å²) in [4.78, 5) is 55.8. The lowest BCUT2D eigenvalue weighted by Gasteiger charge is -2.23. The lowest BCUT2D eigenvalue weighted by Crippen LogP contribution is -2.53. The van der Waals surface area contributed by atoms with Crippen molar-refractivity contribution >= 4 is 34.7 Å². The molecular weight excluding hydrogens is 610 g/mol. The Hall–Kier alpha value is -5.29. The zero-order valence-electron chi connectivity index (χ0n) is 27.0. The number of hydrogen-bond acceptors (Lipinski definition) is 7. The van der Waals surface area contributed by atoms with Crippen LogP contribution in [0.2, 0.25) is 0 Å². The second-order valence-corrected chi connectivity index (χ2v) is 12.3. The lowest BCUT2D eigenvalue weighted by molar-refractivity contribution is -0.127. The summed E-state index contributed by atoms with van der Waals surface area (Å²) in [7, 11) is 0. The van der Waals surface area contributed by atoms with Crippen LogP contribution in [0.15, 0.2) is 97.1 Å². The van der Waals surface area contributed by atoms with Crippen LogP contribution in [0.1, 0.15) is 41.9 Å². The summed E-state index contributed by atoms with van der Waals surface area (Å²) in [5.74, 6) is -1.79. The lowest BCUT2D eigenvalue weighted by atomic mass is 9.97. The number of pyridine rings is 1. The van der Waals surface area contributed by atoms with E-state index < -0.39 is 54.5 Å². The molecule has 250 valence electrons. The molecule has 1 aliphatic rings. The van der Waals surface area contributed by atoms with Gasteiger partial charge in [0.1, 0.15) is 30.6 Å². The predicted molar refractivity (Wildman–Crippen MR) is 181 cm³/mol. The summed E-state index contributed by atoms with van der Waals surface area (Å²) in [5.41, 5.74) is 8.23. The number of epoxide rings is 1. The zero-order chi connectivity index (χ0) is 34.0. The molecular formula is C37H41N5O6. The Balaban J connectivity index is 1.22. The van der Waals surface area contributed by atoms with E-state index in [0.29, 0.717) is 18.4 Å². The van der Waals surface area contributed by atoms with Gasteiger partial charge in [-0.3, -0.25) is 14.4 Å². The van der Waals surface area contributed by atoms with E-state index in [9.17, 15) is 19.2 Å². The summed E-state index contributed by atoms with van der Waals surface area (Å²) in [6, 6.07) is 28.2. The first-order valence-corrected chi connectivity index (χ1v) is 16.1. The molecule has 1 aliphatic heterocycles. The molecule has 11 heteroatoms. The zero-order valence-corrected chi connectivity index (χ0v) is 27.0. The van der Waals surface area contributed by atoms with E-state index in [1.54, 1.807) is 18.2 Å². The molecule has 48 heavy (non-hydrogen) atoms. The molecule has 0 spiro atoms. The third kappa shape index (κ3) is 9.62. The van der Waals surface area contributed by atoms with Gasteiger partial charge < -0.3 is 31.2 Å². The maximum atomic E-state index is 13.6. The Morgan fingerprint density at radius 2 is 1.46 bits per heavy atom. The molecule has 0 saturated carbocycles. The van der Waals surface area contributed by atoms with E-state index in [1.165, 1.54) is 0 Å². The van der Waals surface area contributed by atoms with Crippen molar-refractivity contribution in [1.82, 2.24) is 20.9 Å². The number of benzene rings is 3. The first-order chi connectivity index (χ1) is 23.2. The van der Waals surface area contributed by atoms with Crippen molar-refractivity contribution in [3.05, 3.63) is 114 Å². The molecule has 0 unspecified atom stereocenters. The molecule has 11 nitrogen and oxygen atoms in total. The van der Waals surface area contributed by atoms with Crippen molar-refractivity contribution in [2.24, 2.45) is 11.7 Å². The van der Waals surface area contributed by atoms with Crippen molar-refractivity contribution < 1.29 is 28.7 Å². The predicted octanol–water partition coefficient (Wildman–Crippen LogP) is 3.70. The van der Waals surface area contributed by atoms with Gasteiger partial charge in [0.05, 0.1) is 18.0 Å². The van der Waals surface area contributed by atoms with Crippen LogP contribution in [0.5, 0.6) is 0 Å². The first kappa shape index (κ1) is 34.1. The van der Waals surface area contributed by atoms with E-state index >= 15 is 0 Å². The van der Waals surface area contributed by atoms with E-state index in [-0.39, 0.29) is 24.3 Å². The highest BCUT2D eigenvalue weighted by molar-refractivity contribution is 5.99. The van der Waals surface area contributed by atoms with Gasteiger partial charge in [-0.05, 0) is 42.0 Å². The van der Waals surface area contributed by atoms with Crippen LogP contribution in [0, 0.1) is 5.92 Å². The monoisotopic (exact) mass is 651 g/mol. The van der Waals surface area contributed by atoms with Crippen molar-refractivity contribution in [3.8, 4) is 0 Å². The molecule has 4 amide bonds. The minimum atomic E-state index is -1.25. The molecule has 1 saturated heterocycles. The van der Waals surface area contributed by atoms with Gasteiger partial charge in [0.25, 0.3) is 5.91 Å². The van der Waals surface area contributed by atoms with Gasteiger partial charge in [0, 0.05) is 11.4 Å². The number of carbonyl (C=O) groups is 4. The molecule has 1 fully saturated rings. The Bertz CT molecular complexity index is 1720. The number of hydrogen-bond donors (Lipinski definition) is 4. The van der Waals surface area contributed by atoms with E-state index in [2.05, 4.69) is 20.9 Å². The van der Waals surface area contributed by atoms with E-state index in [1.807, 2.05) is 92.7 Å². The number of nitrogens with zero attached hydrogens (tertiary/aromatic N) is 1. The van der Waals surface area contributed by atoms with Gasteiger partial charge in [0.15, 0.2) is 0 Å². The number of aromatic nitrogens is 1. The Morgan fingerprint density at radius 1 is 0.812 bits per heavy atom. The fourth-order valence-corrected chi connectivity index (χ4v) is 5.55. The smallest absolute Gasteiger partial charge is 0.407 e. The highest BCUT2D eigenvalue weighted by Crippen LogP contribution is 2.28. The molecule has 0 aliphatic carbocycles. The van der Waals surface area contributed by atoms with Crippen LogP contribution in [0.4, 0.5) is 4.79 Å². The van der Waals surface area contributed by atoms with Gasteiger partial charge in [-0.25, -0.2) is 9.78 Å². The maximum absolute atomic E-state index is 13.6.